The summed E-state index contributed by atoms with van der Waals surface area (Å²) in [4.78, 5) is 30.8. The summed E-state index contributed by atoms with van der Waals surface area (Å²) in [5.74, 6) is -1.76. The van der Waals surface area contributed by atoms with Crippen LogP contribution in [-0.2, 0) is 11.3 Å². The number of hydrogen-bond donors (Lipinski definition) is 1. The summed E-state index contributed by atoms with van der Waals surface area (Å²) in [5.41, 5.74) is 6.55. The topological polar surface area (TPSA) is 97.4 Å². The van der Waals surface area contributed by atoms with Gasteiger partial charge in [0.1, 0.15) is 11.5 Å². The van der Waals surface area contributed by atoms with Crippen molar-refractivity contribution in [3.05, 3.63) is 76.4 Å². The van der Waals surface area contributed by atoms with Crippen LogP contribution in [0.5, 0.6) is 0 Å². The van der Waals surface area contributed by atoms with Gasteiger partial charge >= 0.3 is 0 Å². The molecule has 2 fully saturated rings. The van der Waals surface area contributed by atoms with E-state index in [0.717, 1.165) is 16.8 Å². The molecule has 11 heteroatoms. The van der Waals surface area contributed by atoms with Gasteiger partial charge < -0.3 is 15.5 Å². The molecule has 2 aliphatic rings. The minimum absolute atomic E-state index is 0.00572. The van der Waals surface area contributed by atoms with Crippen LogP contribution >= 0.6 is 15.9 Å². The zero-order chi connectivity index (χ0) is 29.8. The first kappa shape index (κ1) is 28.3. The van der Waals surface area contributed by atoms with Crippen LogP contribution in [0, 0.1) is 23.0 Å². The second kappa shape index (κ2) is 10.8. The second-order valence-corrected chi connectivity index (χ2v) is 12.6. The Morgan fingerprint density at radius 3 is 2.55 bits per heavy atom. The monoisotopic (exact) mass is 636 g/mol. The summed E-state index contributed by atoms with van der Waals surface area (Å²) < 4.78 is 29.7. The van der Waals surface area contributed by atoms with Crippen molar-refractivity contribution in [2.24, 2.45) is 11.3 Å². The van der Waals surface area contributed by atoms with Crippen molar-refractivity contribution in [2.45, 2.75) is 39.3 Å². The molecular formula is C31H31BrF2N6O2. The summed E-state index contributed by atoms with van der Waals surface area (Å²) in [6.07, 6.45) is 2.80. The first-order chi connectivity index (χ1) is 20.0. The third-order valence-corrected chi connectivity index (χ3v) is 9.39. The quantitative estimate of drug-likeness (QED) is 0.230. The predicted octanol–water partition coefficient (Wildman–Crippen LogP) is 5.51. The molecule has 2 saturated heterocycles. The Morgan fingerprint density at radius 1 is 1.10 bits per heavy atom. The standard InChI is InChI=1S/C31H31BrF2N6O2/c1-31(2)17-40(25(31)16-39-15-24(36-37-39)22-14-23(33)26(32)27(34)28(22)35)29(41)19-10-12-38(13-11-19)30(42)21-9-5-7-18-6-3-4-8-20(18)21/h3-9,14-15,19,25H,10-13,16-17,35H2,1-2H3. The highest BCUT2D eigenvalue weighted by atomic mass is 79.9. The molecule has 218 valence electrons. The number of fused-ring (bicyclic) bond motifs is 1. The van der Waals surface area contributed by atoms with Crippen molar-refractivity contribution in [3.8, 4) is 11.3 Å². The number of rotatable bonds is 5. The van der Waals surface area contributed by atoms with E-state index in [4.69, 9.17) is 5.73 Å². The summed E-state index contributed by atoms with van der Waals surface area (Å²) in [7, 11) is 0. The molecule has 42 heavy (non-hydrogen) atoms. The normalized spacial score (nSPS) is 18.7. The van der Waals surface area contributed by atoms with E-state index >= 15 is 0 Å². The molecule has 2 aliphatic heterocycles. The Bertz CT molecular complexity index is 1690. The second-order valence-electron chi connectivity index (χ2n) is 11.8. The van der Waals surface area contributed by atoms with Crippen LogP contribution in [0.4, 0.5) is 14.5 Å². The van der Waals surface area contributed by atoms with Crippen LogP contribution in [0.15, 0.2) is 59.2 Å². The Kier molecular flexibility index (Phi) is 7.24. The molecule has 3 aromatic carbocycles. The van der Waals surface area contributed by atoms with Crippen LogP contribution in [0.1, 0.15) is 37.0 Å². The number of aromatic nitrogens is 3. The summed E-state index contributed by atoms with van der Waals surface area (Å²) in [6.45, 7) is 6.24. The molecule has 0 radical (unpaired) electrons. The van der Waals surface area contributed by atoms with Crippen LogP contribution in [0.3, 0.4) is 0 Å². The lowest BCUT2D eigenvalue weighted by atomic mass is 9.73. The molecule has 1 unspecified atom stereocenters. The molecule has 0 bridgehead atoms. The van der Waals surface area contributed by atoms with Crippen molar-refractivity contribution < 1.29 is 18.4 Å². The maximum absolute atomic E-state index is 14.3. The maximum Gasteiger partial charge on any atom is 0.254 e. The molecule has 2 N–H and O–H groups in total. The average molecular weight is 638 g/mol. The van der Waals surface area contributed by atoms with Crippen LogP contribution < -0.4 is 5.73 Å². The van der Waals surface area contributed by atoms with Gasteiger partial charge in [-0.15, -0.1) is 5.10 Å². The number of carbonyl (C=O) groups excluding carboxylic acids is 2. The molecule has 3 heterocycles. The predicted molar refractivity (Wildman–Crippen MR) is 159 cm³/mol. The lowest BCUT2D eigenvalue weighted by Gasteiger charge is -2.55. The first-order valence-corrected chi connectivity index (χ1v) is 14.8. The molecule has 8 nitrogen and oxygen atoms in total. The molecule has 0 aliphatic carbocycles. The van der Waals surface area contributed by atoms with E-state index < -0.39 is 11.6 Å². The van der Waals surface area contributed by atoms with Gasteiger partial charge in [0.15, 0.2) is 5.82 Å². The first-order valence-electron chi connectivity index (χ1n) is 14.0. The number of nitrogens with zero attached hydrogens (tertiary/aromatic N) is 5. The molecule has 1 atom stereocenters. The van der Waals surface area contributed by atoms with E-state index in [0.29, 0.717) is 44.6 Å². The van der Waals surface area contributed by atoms with Gasteiger partial charge in [-0.1, -0.05) is 55.5 Å². The molecule has 0 spiro atoms. The summed E-state index contributed by atoms with van der Waals surface area (Å²) in [5, 5.41) is 10.2. The largest absolute Gasteiger partial charge is 0.396 e. The van der Waals surface area contributed by atoms with Crippen LogP contribution in [0.2, 0.25) is 0 Å². The zero-order valence-electron chi connectivity index (χ0n) is 23.4. The average Bonchev–Trinajstić information content (AvgIpc) is 3.47. The lowest BCUT2D eigenvalue weighted by molar-refractivity contribution is -0.158. The Hall–Kier alpha value is -3.86. The highest BCUT2D eigenvalue weighted by molar-refractivity contribution is 9.10. The van der Waals surface area contributed by atoms with Crippen LogP contribution in [-0.4, -0.2) is 62.3 Å². The molecule has 2 amide bonds. The number of anilines is 1. The van der Waals surface area contributed by atoms with E-state index in [1.807, 2.05) is 52.3 Å². The number of amides is 2. The number of carbonyl (C=O) groups is 2. The van der Waals surface area contributed by atoms with Crippen LogP contribution in [0.25, 0.3) is 22.0 Å². The highest BCUT2D eigenvalue weighted by Gasteiger charge is 2.49. The molecular weight excluding hydrogens is 606 g/mol. The van der Waals surface area contributed by atoms with E-state index in [9.17, 15) is 18.4 Å². The third-order valence-electron chi connectivity index (χ3n) is 8.67. The highest BCUT2D eigenvalue weighted by Crippen LogP contribution is 2.40. The number of nitrogen functional groups attached to an aromatic ring is 1. The fraction of sp³-hybridized carbons (Fsp3) is 0.355. The van der Waals surface area contributed by atoms with E-state index in [-0.39, 0.29) is 50.6 Å². The third kappa shape index (κ3) is 4.93. The van der Waals surface area contributed by atoms with Crippen molar-refractivity contribution in [2.75, 3.05) is 25.4 Å². The van der Waals surface area contributed by atoms with E-state index in [1.54, 1.807) is 10.9 Å². The van der Waals surface area contributed by atoms with Gasteiger partial charge in [0.05, 0.1) is 28.9 Å². The van der Waals surface area contributed by atoms with Gasteiger partial charge in [-0.2, -0.15) is 0 Å². The molecule has 4 aromatic rings. The minimum Gasteiger partial charge on any atom is -0.396 e. The Balaban J connectivity index is 1.12. The number of halogens is 3. The van der Waals surface area contributed by atoms with Gasteiger partial charge in [-0.05, 0) is 51.7 Å². The van der Waals surface area contributed by atoms with Crippen molar-refractivity contribution >= 4 is 44.2 Å². The van der Waals surface area contributed by atoms with Gasteiger partial charge in [0, 0.05) is 42.1 Å². The number of likely N-dealkylation sites (tertiary alicyclic amines) is 2. The number of piperidine rings is 1. The molecule has 1 aromatic heterocycles. The summed E-state index contributed by atoms with van der Waals surface area (Å²) in [6, 6.07) is 14.6. The van der Waals surface area contributed by atoms with Gasteiger partial charge in [-0.25, -0.2) is 13.5 Å². The summed E-state index contributed by atoms with van der Waals surface area (Å²) >= 11 is 2.86. The van der Waals surface area contributed by atoms with E-state index in [2.05, 4.69) is 40.1 Å². The Morgan fingerprint density at radius 2 is 1.81 bits per heavy atom. The molecule has 6 rings (SSSR count). The fourth-order valence-corrected chi connectivity index (χ4v) is 6.52. The van der Waals surface area contributed by atoms with Gasteiger partial charge in [0.25, 0.3) is 5.91 Å². The van der Waals surface area contributed by atoms with Gasteiger partial charge in [-0.3, -0.25) is 9.59 Å². The lowest BCUT2D eigenvalue weighted by Crippen LogP contribution is -2.66. The number of hydrogen-bond acceptors (Lipinski definition) is 5. The van der Waals surface area contributed by atoms with E-state index in [1.165, 1.54) is 0 Å². The minimum atomic E-state index is -0.888. The number of benzene rings is 3. The number of nitrogens with two attached hydrogens (primary N) is 1. The SMILES string of the molecule is CC1(C)CN(C(=O)C2CCN(C(=O)c3cccc4ccccc34)CC2)C1Cn1cc(-c2cc(F)c(Br)c(F)c2N)nn1. The molecule has 0 saturated carbocycles. The smallest absolute Gasteiger partial charge is 0.254 e. The van der Waals surface area contributed by atoms with Gasteiger partial charge in [0.2, 0.25) is 5.91 Å². The maximum atomic E-state index is 14.3. The fourth-order valence-electron chi connectivity index (χ4n) is 6.20. The Labute approximate surface area is 250 Å². The van der Waals surface area contributed by atoms with Crippen molar-refractivity contribution in [1.29, 1.82) is 0 Å². The van der Waals surface area contributed by atoms with Crippen molar-refractivity contribution in [1.82, 2.24) is 24.8 Å². The zero-order valence-corrected chi connectivity index (χ0v) is 24.9. The van der Waals surface area contributed by atoms with Crippen molar-refractivity contribution in [3.63, 3.8) is 0 Å².